The zero-order valence-electron chi connectivity index (χ0n) is 29.3. The predicted molar refractivity (Wildman–Crippen MR) is 200 cm³/mol. The Kier molecular flexibility index (Phi) is 12.3. The van der Waals surface area contributed by atoms with Crippen LogP contribution in [0.1, 0.15) is 42.2 Å². The van der Waals surface area contributed by atoms with E-state index >= 15 is 0 Å². The van der Waals surface area contributed by atoms with Crippen molar-refractivity contribution >= 4 is 40.9 Å². The number of hydrogen-bond donors (Lipinski definition) is 2. The zero-order chi connectivity index (χ0) is 37.4. The molecule has 3 aromatic carbocycles. The van der Waals surface area contributed by atoms with Gasteiger partial charge in [0.05, 0.1) is 30.2 Å². The summed E-state index contributed by atoms with van der Waals surface area (Å²) < 4.78 is 45.0. The third kappa shape index (κ3) is 9.95. The Bertz CT molecular complexity index is 1930. The van der Waals surface area contributed by atoms with Gasteiger partial charge in [-0.05, 0) is 66.2 Å². The van der Waals surface area contributed by atoms with Gasteiger partial charge in [-0.2, -0.15) is 24.9 Å². The van der Waals surface area contributed by atoms with Crippen molar-refractivity contribution in [2.75, 3.05) is 81.3 Å². The van der Waals surface area contributed by atoms with E-state index in [9.17, 15) is 27.6 Å². The number of hydrogen-bond acceptors (Lipinski definition) is 8. The van der Waals surface area contributed by atoms with Gasteiger partial charge >= 0.3 is 6.18 Å². The summed E-state index contributed by atoms with van der Waals surface area (Å²) in [5, 5.41) is 5.69. The Morgan fingerprint density at radius 2 is 1.60 bits per heavy atom. The highest BCUT2D eigenvalue weighted by molar-refractivity contribution is 7.99. The summed E-state index contributed by atoms with van der Waals surface area (Å²) in [5.41, 5.74) is 2.87. The van der Waals surface area contributed by atoms with Crippen LogP contribution in [0.2, 0.25) is 0 Å². The topological polar surface area (TPSA) is 107 Å². The molecular formula is C39H41F3N6O4S. The molecule has 10 nitrogen and oxygen atoms in total. The fourth-order valence-corrected chi connectivity index (χ4v) is 7.06. The summed E-state index contributed by atoms with van der Waals surface area (Å²) in [7, 11) is 1.75. The number of benzene rings is 3. The molecule has 14 heteroatoms. The second-order valence-corrected chi connectivity index (χ2v) is 14.1. The molecular weight excluding hydrogens is 706 g/mol. The predicted octanol–water partition coefficient (Wildman–Crippen LogP) is 5.91. The Labute approximate surface area is 310 Å². The highest BCUT2D eigenvalue weighted by Crippen LogP contribution is 2.33. The van der Waals surface area contributed by atoms with Crippen LogP contribution in [0.25, 0.3) is 11.3 Å². The van der Waals surface area contributed by atoms with E-state index in [-0.39, 0.29) is 18.0 Å². The number of amides is 3. The van der Waals surface area contributed by atoms with E-state index in [1.165, 1.54) is 24.4 Å². The maximum Gasteiger partial charge on any atom is 0.416 e. The fourth-order valence-electron chi connectivity index (χ4n) is 6.16. The molecule has 278 valence electrons. The van der Waals surface area contributed by atoms with Crippen LogP contribution in [0.4, 0.5) is 24.5 Å². The summed E-state index contributed by atoms with van der Waals surface area (Å²) >= 11 is 1.88. The molecule has 2 aliphatic rings. The fraction of sp³-hybridized carbons (Fsp3) is 0.333. The Morgan fingerprint density at radius 1 is 0.868 bits per heavy atom. The smallest absolute Gasteiger partial charge is 0.379 e. The Balaban J connectivity index is 1.20. The van der Waals surface area contributed by atoms with Crippen LogP contribution in [-0.2, 0) is 17.5 Å². The van der Waals surface area contributed by atoms with Crippen LogP contribution in [-0.4, -0.2) is 104 Å². The van der Waals surface area contributed by atoms with Crippen LogP contribution in [0, 0.1) is 0 Å². The van der Waals surface area contributed by atoms with Crippen LogP contribution in [0.3, 0.4) is 0 Å². The second-order valence-electron chi connectivity index (χ2n) is 12.9. The van der Waals surface area contributed by atoms with Gasteiger partial charge in [0.1, 0.15) is 0 Å². The van der Waals surface area contributed by atoms with Crippen molar-refractivity contribution in [3.63, 3.8) is 0 Å². The van der Waals surface area contributed by atoms with Gasteiger partial charge in [-0.25, -0.2) is 0 Å². The van der Waals surface area contributed by atoms with Crippen molar-refractivity contribution in [2.24, 2.45) is 0 Å². The van der Waals surface area contributed by atoms with E-state index in [4.69, 9.17) is 4.74 Å². The molecule has 0 atom stereocenters. The zero-order valence-corrected chi connectivity index (χ0v) is 30.1. The molecule has 0 bridgehead atoms. The van der Waals surface area contributed by atoms with Crippen molar-refractivity contribution in [3.8, 4) is 11.3 Å². The minimum Gasteiger partial charge on any atom is -0.379 e. The molecule has 2 N–H and O–H groups in total. The number of morpholine rings is 1. The molecule has 0 saturated carbocycles. The largest absolute Gasteiger partial charge is 0.416 e. The molecule has 1 aromatic heterocycles. The summed E-state index contributed by atoms with van der Waals surface area (Å²) in [5.74, 6) is 0.854. The van der Waals surface area contributed by atoms with Crippen LogP contribution < -0.4 is 15.5 Å². The van der Waals surface area contributed by atoms with Gasteiger partial charge in [0.25, 0.3) is 17.7 Å². The van der Waals surface area contributed by atoms with Crippen LogP contribution in [0.15, 0.2) is 85.1 Å². The lowest BCUT2D eigenvalue weighted by Crippen LogP contribution is -2.41. The van der Waals surface area contributed by atoms with E-state index in [2.05, 4.69) is 25.4 Å². The molecule has 0 spiro atoms. The summed E-state index contributed by atoms with van der Waals surface area (Å²) in [6, 6.07) is 20.2. The molecule has 53 heavy (non-hydrogen) atoms. The van der Waals surface area contributed by atoms with E-state index < -0.39 is 23.6 Å². The number of nitrogens with zero attached hydrogens (tertiary/aromatic N) is 4. The number of aromatic nitrogens is 1. The van der Waals surface area contributed by atoms with Gasteiger partial charge < -0.3 is 25.2 Å². The first kappa shape index (κ1) is 37.8. The molecule has 0 aliphatic carbocycles. The Hall–Kier alpha value is -4.92. The summed E-state index contributed by atoms with van der Waals surface area (Å²) in [6.07, 6.45) is -3.01. The monoisotopic (exact) mass is 746 g/mol. The van der Waals surface area contributed by atoms with Gasteiger partial charge in [0, 0.05) is 98.5 Å². The first-order chi connectivity index (χ1) is 25.5. The molecule has 4 aromatic rings. The van der Waals surface area contributed by atoms with E-state index in [1.807, 2.05) is 23.9 Å². The number of pyridine rings is 1. The average molecular weight is 747 g/mol. The number of ether oxygens (including phenoxy) is 1. The van der Waals surface area contributed by atoms with Gasteiger partial charge in [0.15, 0.2) is 0 Å². The lowest BCUT2D eigenvalue weighted by atomic mass is 10.0. The maximum absolute atomic E-state index is 13.7. The van der Waals surface area contributed by atoms with Crippen molar-refractivity contribution in [1.82, 2.24) is 20.1 Å². The summed E-state index contributed by atoms with van der Waals surface area (Å²) in [4.78, 5) is 50.9. The number of anilines is 2. The molecule has 0 unspecified atom stereocenters. The number of halogens is 3. The number of thioether (sulfide) groups is 1. The SMILES string of the molecule is CN(CCN1CCOCC1)C(=O)c1cccc(C(=O)Nc2ccc(N3CCSCC3)cc2-c2cc(C(=O)NCc3cccc(C(F)(F)F)c3)ccn2)c1. The first-order valence-electron chi connectivity index (χ1n) is 17.4. The molecule has 2 fully saturated rings. The standard InChI is InChI=1S/C39H41F3N6O4S/c1-46(12-13-47-14-18-52-19-15-47)38(51)30-6-3-5-28(23-30)37(50)45-34-9-8-32(48-16-20-53-21-17-48)25-33(34)35-24-29(10-11-43-35)36(49)44-26-27-4-2-7-31(22-27)39(40,41)42/h2-11,22-25H,12-21,26H2,1H3,(H,44,49)(H,45,50). The van der Waals surface area contributed by atoms with Gasteiger partial charge in [-0.1, -0.05) is 18.2 Å². The Morgan fingerprint density at radius 3 is 2.38 bits per heavy atom. The van der Waals surface area contributed by atoms with E-state index in [1.54, 1.807) is 48.3 Å². The lowest BCUT2D eigenvalue weighted by molar-refractivity contribution is -0.137. The van der Waals surface area contributed by atoms with Crippen molar-refractivity contribution in [2.45, 2.75) is 12.7 Å². The second kappa shape index (κ2) is 17.3. The number of likely N-dealkylation sites (N-methyl/N-ethyl adjacent to an activating group) is 1. The third-order valence-electron chi connectivity index (χ3n) is 9.21. The quantitative estimate of drug-likeness (QED) is 0.195. The minimum absolute atomic E-state index is 0.102. The summed E-state index contributed by atoms with van der Waals surface area (Å²) in [6.45, 7) is 5.88. The molecule has 0 radical (unpaired) electrons. The van der Waals surface area contributed by atoms with Gasteiger partial charge in [-0.15, -0.1) is 0 Å². The highest BCUT2D eigenvalue weighted by Gasteiger charge is 2.30. The number of nitrogens with one attached hydrogen (secondary N) is 2. The molecule has 3 amide bonds. The molecule has 6 rings (SSSR count). The number of alkyl halides is 3. The molecule has 2 saturated heterocycles. The highest BCUT2D eigenvalue weighted by atomic mass is 32.2. The third-order valence-corrected chi connectivity index (χ3v) is 10.1. The van der Waals surface area contributed by atoms with Crippen molar-refractivity contribution < 1.29 is 32.3 Å². The van der Waals surface area contributed by atoms with E-state index in [0.29, 0.717) is 53.4 Å². The minimum atomic E-state index is -4.49. The first-order valence-corrected chi connectivity index (χ1v) is 18.5. The van der Waals surface area contributed by atoms with Gasteiger partial charge in [0.2, 0.25) is 0 Å². The van der Waals surface area contributed by atoms with Crippen molar-refractivity contribution in [1.29, 1.82) is 0 Å². The number of rotatable bonds is 11. The van der Waals surface area contributed by atoms with Crippen molar-refractivity contribution in [3.05, 3.63) is 113 Å². The average Bonchev–Trinajstić information content (AvgIpc) is 3.19. The van der Waals surface area contributed by atoms with Crippen LogP contribution in [0.5, 0.6) is 0 Å². The van der Waals surface area contributed by atoms with E-state index in [0.717, 1.165) is 62.0 Å². The lowest BCUT2D eigenvalue weighted by Gasteiger charge is -2.29. The number of carbonyl (C=O) groups is 3. The molecule has 2 aliphatic heterocycles. The maximum atomic E-state index is 13.7. The van der Waals surface area contributed by atoms with Crippen LogP contribution >= 0.6 is 11.8 Å². The number of carbonyl (C=O) groups excluding carboxylic acids is 3. The normalized spacial score (nSPS) is 15.1. The van der Waals surface area contributed by atoms with Gasteiger partial charge in [-0.3, -0.25) is 24.3 Å². The molecule has 3 heterocycles.